The average Bonchev–Trinajstić information content (AvgIpc) is 2.92. The molecule has 0 spiro atoms. The highest BCUT2D eigenvalue weighted by molar-refractivity contribution is 7.99. The van der Waals surface area contributed by atoms with Gasteiger partial charge < -0.3 is 10.1 Å². The minimum absolute atomic E-state index is 0.0148. The summed E-state index contributed by atoms with van der Waals surface area (Å²) in [7, 11) is 0. The first kappa shape index (κ1) is 24.6. The number of anilines is 1. The van der Waals surface area contributed by atoms with Crippen molar-refractivity contribution in [1.82, 2.24) is 4.98 Å². The molecule has 5 aromatic rings. The van der Waals surface area contributed by atoms with E-state index in [1.165, 1.54) is 11.8 Å². The minimum Gasteiger partial charge on any atom is -0.487 e. The number of halogens is 1. The summed E-state index contributed by atoms with van der Waals surface area (Å²) in [6.07, 6.45) is 1.72. The lowest BCUT2D eigenvalue weighted by atomic mass is 10.2. The second-order valence-corrected chi connectivity index (χ2v) is 9.68. The third kappa shape index (κ3) is 5.69. The number of nitro benzene ring substituents is 1. The Balaban J connectivity index is 1.43. The largest absolute Gasteiger partial charge is 0.487 e. The molecule has 0 unspecified atom stereocenters. The summed E-state index contributed by atoms with van der Waals surface area (Å²) in [5.41, 5.74) is 3.07. The molecule has 37 heavy (non-hydrogen) atoms. The molecule has 0 aliphatic rings. The van der Waals surface area contributed by atoms with Crippen LogP contribution in [0, 0.1) is 10.1 Å². The first-order valence-corrected chi connectivity index (χ1v) is 12.8. The molecule has 0 atom stereocenters. The standard InChI is InChI=1S/C29H22ClN3O3S/c30-23-12-5-4-10-21(23)18-32-24-13-6-14-27(29(24)33(34)35)37-26-16-15-25(28-22(26)11-7-17-31-28)36-19-20-8-2-1-3-9-20/h1-17,32H,18-19H2. The van der Waals surface area contributed by atoms with Crippen LogP contribution < -0.4 is 10.1 Å². The van der Waals surface area contributed by atoms with Crippen molar-refractivity contribution in [2.75, 3.05) is 5.32 Å². The Bertz CT molecular complexity index is 1560. The van der Waals surface area contributed by atoms with Gasteiger partial charge in [-0.3, -0.25) is 15.1 Å². The zero-order valence-corrected chi connectivity index (χ0v) is 21.2. The SMILES string of the molecule is O=[N+]([O-])c1c(NCc2ccccc2Cl)cccc1Sc1ccc(OCc2ccccc2)c2ncccc12. The number of hydrogen-bond donors (Lipinski definition) is 1. The molecule has 1 aromatic heterocycles. The van der Waals surface area contributed by atoms with Gasteiger partial charge in [0.2, 0.25) is 0 Å². The molecule has 6 nitrogen and oxygen atoms in total. The molecule has 184 valence electrons. The van der Waals surface area contributed by atoms with Crippen LogP contribution in [0.15, 0.2) is 113 Å². The van der Waals surface area contributed by atoms with Crippen LogP contribution in [-0.4, -0.2) is 9.91 Å². The van der Waals surface area contributed by atoms with Gasteiger partial charge in [-0.1, -0.05) is 78.0 Å². The molecular formula is C29H22ClN3O3S. The number of nitrogens with one attached hydrogen (secondary N) is 1. The highest BCUT2D eigenvalue weighted by Gasteiger charge is 2.22. The van der Waals surface area contributed by atoms with Gasteiger partial charge in [-0.25, -0.2) is 0 Å². The number of aromatic nitrogens is 1. The van der Waals surface area contributed by atoms with E-state index >= 15 is 0 Å². The summed E-state index contributed by atoms with van der Waals surface area (Å²) in [6.45, 7) is 0.790. The molecule has 0 amide bonds. The van der Waals surface area contributed by atoms with Crippen molar-refractivity contribution < 1.29 is 9.66 Å². The Morgan fingerprint density at radius 1 is 0.892 bits per heavy atom. The first-order chi connectivity index (χ1) is 18.1. The van der Waals surface area contributed by atoms with E-state index in [0.29, 0.717) is 40.0 Å². The van der Waals surface area contributed by atoms with Crippen LogP contribution in [0.4, 0.5) is 11.4 Å². The molecule has 0 fully saturated rings. The van der Waals surface area contributed by atoms with Gasteiger partial charge in [-0.15, -0.1) is 0 Å². The lowest BCUT2D eigenvalue weighted by Gasteiger charge is -2.13. The van der Waals surface area contributed by atoms with Gasteiger partial charge in [0, 0.05) is 28.0 Å². The maximum absolute atomic E-state index is 12.1. The van der Waals surface area contributed by atoms with Crippen molar-refractivity contribution in [2.24, 2.45) is 0 Å². The first-order valence-electron chi connectivity index (χ1n) is 11.6. The molecule has 0 radical (unpaired) electrons. The zero-order chi connectivity index (χ0) is 25.6. The predicted octanol–water partition coefficient (Wildman–Crippen LogP) is 8.14. The summed E-state index contributed by atoms with van der Waals surface area (Å²) in [6, 6.07) is 30.2. The number of ether oxygens (including phenoxy) is 1. The van der Waals surface area contributed by atoms with Crippen LogP contribution in [0.1, 0.15) is 11.1 Å². The number of nitrogens with zero attached hydrogens (tertiary/aromatic N) is 2. The maximum atomic E-state index is 12.1. The summed E-state index contributed by atoms with van der Waals surface area (Å²) in [5.74, 6) is 0.661. The average molecular weight is 528 g/mol. The van der Waals surface area contributed by atoms with Gasteiger partial charge in [-0.05, 0) is 53.6 Å². The molecule has 0 aliphatic carbocycles. The molecule has 0 aliphatic heterocycles. The Morgan fingerprint density at radius 3 is 2.51 bits per heavy atom. The molecule has 8 heteroatoms. The van der Waals surface area contributed by atoms with Gasteiger partial charge in [0.05, 0.1) is 9.82 Å². The molecule has 1 N–H and O–H groups in total. The van der Waals surface area contributed by atoms with Gasteiger partial charge in [0.1, 0.15) is 23.6 Å². The third-order valence-corrected chi connectivity index (χ3v) is 7.25. The number of rotatable bonds is 9. The number of hydrogen-bond acceptors (Lipinski definition) is 6. The smallest absolute Gasteiger partial charge is 0.306 e. The molecule has 1 heterocycles. The summed E-state index contributed by atoms with van der Waals surface area (Å²) in [5, 5.41) is 16.8. The topological polar surface area (TPSA) is 77.3 Å². The zero-order valence-electron chi connectivity index (χ0n) is 19.6. The minimum atomic E-state index is -0.352. The molecule has 0 bridgehead atoms. The number of pyridine rings is 1. The molecule has 4 aromatic carbocycles. The van der Waals surface area contributed by atoms with Crippen molar-refractivity contribution in [3.05, 3.63) is 130 Å². The van der Waals surface area contributed by atoms with Crippen molar-refractivity contribution in [1.29, 1.82) is 0 Å². The van der Waals surface area contributed by atoms with Crippen LogP contribution in [0.5, 0.6) is 5.75 Å². The lowest BCUT2D eigenvalue weighted by Crippen LogP contribution is -2.04. The Kier molecular flexibility index (Phi) is 7.54. The Labute approximate surface area is 223 Å². The number of fused-ring (bicyclic) bond motifs is 1. The fraction of sp³-hybridized carbons (Fsp3) is 0.0690. The molecule has 0 saturated carbocycles. The van der Waals surface area contributed by atoms with Crippen molar-refractivity contribution in [3.8, 4) is 5.75 Å². The van der Waals surface area contributed by atoms with Crippen LogP contribution in [0.2, 0.25) is 5.02 Å². The Morgan fingerprint density at radius 2 is 1.70 bits per heavy atom. The maximum Gasteiger partial charge on any atom is 0.306 e. The fourth-order valence-electron chi connectivity index (χ4n) is 3.95. The fourth-order valence-corrected chi connectivity index (χ4v) is 5.23. The lowest BCUT2D eigenvalue weighted by molar-refractivity contribution is -0.386. The third-order valence-electron chi connectivity index (χ3n) is 5.76. The summed E-state index contributed by atoms with van der Waals surface area (Å²) < 4.78 is 6.07. The van der Waals surface area contributed by atoms with Crippen LogP contribution >= 0.6 is 23.4 Å². The van der Waals surface area contributed by atoms with E-state index < -0.39 is 0 Å². The molecule has 5 rings (SSSR count). The summed E-state index contributed by atoms with van der Waals surface area (Å²) >= 11 is 7.59. The van der Waals surface area contributed by atoms with Crippen molar-refractivity contribution >= 4 is 45.6 Å². The summed E-state index contributed by atoms with van der Waals surface area (Å²) in [4.78, 5) is 17.7. The number of benzene rings is 4. The van der Waals surface area contributed by atoms with Gasteiger partial charge in [-0.2, -0.15) is 0 Å². The second-order valence-electron chi connectivity index (χ2n) is 8.19. The number of nitro groups is 1. The van der Waals surface area contributed by atoms with E-state index in [2.05, 4.69) is 10.3 Å². The highest BCUT2D eigenvalue weighted by Crippen LogP contribution is 2.43. The van der Waals surface area contributed by atoms with E-state index in [1.807, 2.05) is 78.9 Å². The van der Waals surface area contributed by atoms with Crippen LogP contribution in [0.3, 0.4) is 0 Å². The second kappa shape index (κ2) is 11.3. The van der Waals surface area contributed by atoms with E-state index in [9.17, 15) is 10.1 Å². The predicted molar refractivity (Wildman–Crippen MR) is 149 cm³/mol. The van der Waals surface area contributed by atoms with Gasteiger partial charge in [0.15, 0.2) is 0 Å². The Hall–Kier alpha value is -4.07. The molecule has 0 saturated heterocycles. The van der Waals surface area contributed by atoms with E-state index in [4.69, 9.17) is 16.3 Å². The van der Waals surface area contributed by atoms with E-state index in [-0.39, 0.29) is 10.6 Å². The normalized spacial score (nSPS) is 10.8. The van der Waals surface area contributed by atoms with Crippen molar-refractivity contribution in [2.45, 2.75) is 22.9 Å². The van der Waals surface area contributed by atoms with Crippen LogP contribution in [0.25, 0.3) is 10.9 Å². The van der Waals surface area contributed by atoms with E-state index in [0.717, 1.165) is 21.4 Å². The monoisotopic (exact) mass is 527 g/mol. The van der Waals surface area contributed by atoms with E-state index in [1.54, 1.807) is 24.4 Å². The molecular weight excluding hydrogens is 506 g/mol. The van der Waals surface area contributed by atoms with Gasteiger partial charge >= 0.3 is 5.69 Å². The van der Waals surface area contributed by atoms with Crippen molar-refractivity contribution in [3.63, 3.8) is 0 Å². The van der Waals surface area contributed by atoms with Crippen LogP contribution in [-0.2, 0) is 13.2 Å². The quantitative estimate of drug-likeness (QED) is 0.154. The number of para-hydroxylation sites is 1. The van der Waals surface area contributed by atoms with Gasteiger partial charge in [0.25, 0.3) is 0 Å². The highest BCUT2D eigenvalue weighted by atomic mass is 35.5.